The van der Waals surface area contributed by atoms with Crippen LogP contribution < -0.4 is 0 Å². The Hall–Kier alpha value is 0.180. The van der Waals surface area contributed by atoms with E-state index in [2.05, 4.69) is 47.2 Å². The molecule has 0 radical (unpaired) electrons. The number of nitrogens with zero attached hydrogens (tertiary/aromatic N) is 3. The highest BCUT2D eigenvalue weighted by molar-refractivity contribution is 14.2. The maximum Gasteiger partial charge on any atom is 0.112 e. The van der Waals surface area contributed by atoms with Crippen LogP contribution in [0.15, 0.2) is 16.7 Å². The summed E-state index contributed by atoms with van der Waals surface area (Å²) in [7, 11) is 1.54. The van der Waals surface area contributed by atoms with Crippen molar-refractivity contribution in [2.45, 2.75) is 6.92 Å². The largest absolute Gasteiger partial charge is 0.251 e. The molecule has 0 saturated heterocycles. The Bertz CT molecular complexity index is 456. The van der Waals surface area contributed by atoms with Gasteiger partial charge in [-0.15, -0.1) is 0 Å². The molecular weight excluding hydrogens is 365 g/mol. The van der Waals surface area contributed by atoms with Gasteiger partial charge in [-0.25, -0.2) is 0 Å². The lowest BCUT2D eigenvalue weighted by molar-refractivity contribution is 1.01. The molecule has 0 amide bonds. The number of pyridine rings is 1. The molecule has 0 unspecified atom stereocenters. The van der Waals surface area contributed by atoms with Gasteiger partial charge in [0.2, 0.25) is 0 Å². The number of hydrogen-bond donors (Lipinski definition) is 0. The molecular formula is C7H5BrIN3S. The van der Waals surface area contributed by atoms with Gasteiger partial charge in [0.25, 0.3) is 0 Å². The fourth-order valence-electron chi connectivity index (χ4n) is 1.14. The number of hydrogen-bond acceptors (Lipinski definition) is 3. The first kappa shape index (κ1) is 9.72. The van der Waals surface area contributed by atoms with Crippen molar-refractivity contribution in [3.63, 3.8) is 0 Å². The van der Waals surface area contributed by atoms with Crippen molar-refractivity contribution >= 4 is 57.3 Å². The Morgan fingerprint density at radius 2 is 2.38 bits per heavy atom. The second-order valence-corrected chi connectivity index (χ2v) is 5.13. The topological polar surface area (TPSA) is 30.7 Å². The van der Waals surface area contributed by atoms with E-state index in [1.54, 1.807) is 15.3 Å². The SMILES string of the molecule is Cc1nn(SI)c2cc(Br)cnc12. The fourth-order valence-corrected chi connectivity index (χ4v) is 2.73. The molecule has 0 aliphatic heterocycles. The molecule has 0 aliphatic carbocycles. The van der Waals surface area contributed by atoms with Crippen molar-refractivity contribution in [3.8, 4) is 0 Å². The normalized spacial score (nSPS) is 11.0. The van der Waals surface area contributed by atoms with Gasteiger partial charge in [0.05, 0.1) is 5.69 Å². The molecule has 2 heterocycles. The summed E-state index contributed by atoms with van der Waals surface area (Å²) in [6, 6.07) is 2.02. The minimum atomic E-state index is 0.965. The lowest BCUT2D eigenvalue weighted by Gasteiger charge is -1.94. The van der Waals surface area contributed by atoms with E-state index in [4.69, 9.17) is 0 Å². The Balaban J connectivity index is 2.81. The highest BCUT2D eigenvalue weighted by Gasteiger charge is 2.08. The third-order valence-electron chi connectivity index (χ3n) is 1.69. The summed E-state index contributed by atoms with van der Waals surface area (Å²) in [5.74, 6) is 0. The summed E-state index contributed by atoms with van der Waals surface area (Å²) < 4.78 is 2.84. The summed E-state index contributed by atoms with van der Waals surface area (Å²) in [5, 5.41) is 4.34. The number of aromatic nitrogens is 3. The summed E-state index contributed by atoms with van der Waals surface area (Å²) in [6.45, 7) is 1.96. The number of halogens is 2. The highest BCUT2D eigenvalue weighted by atomic mass is 127. The van der Waals surface area contributed by atoms with Crippen LogP contribution in [0.1, 0.15) is 5.69 Å². The summed E-state index contributed by atoms with van der Waals surface area (Å²) in [6.07, 6.45) is 1.79. The molecule has 0 N–H and O–H groups in total. The summed E-state index contributed by atoms with van der Waals surface area (Å²) in [4.78, 5) is 4.30. The van der Waals surface area contributed by atoms with Crippen LogP contribution in [-0.4, -0.2) is 14.2 Å². The predicted octanol–water partition coefficient (Wildman–Crippen LogP) is 3.35. The van der Waals surface area contributed by atoms with Gasteiger partial charge in [-0.1, -0.05) is 0 Å². The van der Waals surface area contributed by atoms with Gasteiger partial charge >= 0.3 is 0 Å². The third-order valence-corrected chi connectivity index (χ3v) is 3.65. The van der Waals surface area contributed by atoms with Crippen LogP contribution in [-0.2, 0) is 0 Å². The van der Waals surface area contributed by atoms with E-state index in [-0.39, 0.29) is 0 Å². The third kappa shape index (κ3) is 1.71. The second-order valence-electron chi connectivity index (χ2n) is 2.55. The van der Waals surface area contributed by atoms with Crippen molar-refractivity contribution in [2.24, 2.45) is 0 Å². The first-order valence-electron chi connectivity index (χ1n) is 3.52. The van der Waals surface area contributed by atoms with Crippen molar-refractivity contribution in [1.82, 2.24) is 14.2 Å². The monoisotopic (exact) mass is 369 g/mol. The lowest BCUT2D eigenvalue weighted by atomic mass is 10.3. The number of fused-ring (bicyclic) bond motifs is 1. The van der Waals surface area contributed by atoms with E-state index < -0.39 is 0 Å². The van der Waals surface area contributed by atoms with E-state index in [0.29, 0.717) is 0 Å². The highest BCUT2D eigenvalue weighted by Crippen LogP contribution is 2.25. The molecule has 0 atom stereocenters. The Morgan fingerprint density at radius 1 is 1.62 bits per heavy atom. The molecule has 0 bridgehead atoms. The first-order chi connectivity index (χ1) is 6.22. The van der Waals surface area contributed by atoms with Gasteiger partial charge in [-0.05, 0) is 28.9 Å². The molecule has 6 heteroatoms. The zero-order valence-electron chi connectivity index (χ0n) is 6.66. The fraction of sp³-hybridized carbons (Fsp3) is 0.143. The standard InChI is InChI=1S/C7H5BrIN3S/c1-4-7-6(12(11-4)13-9)2-5(8)3-10-7/h2-3H,1H3. The molecule has 13 heavy (non-hydrogen) atoms. The second kappa shape index (κ2) is 3.74. The van der Waals surface area contributed by atoms with Gasteiger partial charge < -0.3 is 0 Å². The van der Waals surface area contributed by atoms with E-state index in [1.807, 2.05) is 17.1 Å². The summed E-state index contributed by atoms with van der Waals surface area (Å²) >= 11 is 5.59. The van der Waals surface area contributed by atoms with E-state index in [0.717, 1.165) is 21.2 Å². The summed E-state index contributed by atoms with van der Waals surface area (Å²) in [5.41, 5.74) is 2.98. The zero-order chi connectivity index (χ0) is 9.42. The predicted molar refractivity (Wildman–Crippen MR) is 67.0 cm³/mol. The number of aryl methyl sites for hydroxylation is 1. The minimum absolute atomic E-state index is 0.965. The molecule has 68 valence electrons. The van der Waals surface area contributed by atoms with Gasteiger partial charge in [0.15, 0.2) is 0 Å². The first-order valence-corrected chi connectivity index (χ1v) is 7.63. The van der Waals surface area contributed by atoms with Crippen LogP contribution in [0.25, 0.3) is 11.0 Å². The Morgan fingerprint density at radius 3 is 3.08 bits per heavy atom. The molecule has 0 aromatic carbocycles. The van der Waals surface area contributed by atoms with Crippen LogP contribution in [0.5, 0.6) is 0 Å². The average Bonchev–Trinajstić information content (AvgIpc) is 2.42. The van der Waals surface area contributed by atoms with Crippen LogP contribution in [0.3, 0.4) is 0 Å². The minimum Gasteiger partial charge on any atom is -0.251 e. The maximum absolute atomic E-state index is 4.34. The van der Waals surface area contributed by atoms with Gasteiger partial charge in [0.1, 0.15) is 11.0 Å². The molecule has 2 aromatic rings. The van der Waals surface area contributed by atoms with Crippen molar-refractivity contribution in [1.29, 1.82) is 0 Å². The number of rotatable bonds is 1. The average molecular weight is 370 g/mol. The van der Waals surface area contributed by atoms with E-state index in [9.17, 15) is 0 Å². The Kier molecular flexibility index (Phi) is 2.80. The molecule has 0 aliphatic rings. The van der Waals surface area contributed by atoms with Crippen molar-refractivity contribution < 1.29 is 0 Å². The van der Waals surface area contributed by atoms with Crippen molar-refractivity contribution in [2.75, 3.05) is 0 Å². The zero-order valence-corrected chi connectivity index (χ0v) is 11.2. The van der Waals surface area contributed by atoms with E-state index >= 15 is 0 Å². The molecule has 2 aromatic heterocycles. The van der Waals surface area contributed by atoms with Crippen LogP contribution in [0.2, 0.25) is 0 Å². The van der Waals surface area contributed by atoms with E-state index in [1.165, 1.54) is 0 Å². The van der Waals surface area contributed by atoms with Gasteiger partial charge in [-0.2, -0.15) is 9.19 Å². The smallest absolute Gasteiger partial charge is 0.112 e. The lowest BCUT2D eigenvalue weighted by Crippen LogP contribution is -1.84. The van der Waals surface area contributed by atoms with Crippen LogP contribution in [0, 0.1) is 6.92 Å². The quantitative estimate of drug-likeness (QED) is 0.722. The van der Waals surface area contributed by atoms with Crippen molar-refractivity contribution in [3.05, 3.63) is 22.4 Å². The molecule has 2 rings (SSSR count). The molecule has 0 saturated carbocycles. The Labute approximate surface area is 100 Å². The molecule has 0 spiro atoms. The molecule has 3 nitrogen and oxygen atoms in total. The van der Waals surface area contributed by atoms with Crippen LogP contribution in [0.4, 0.5) is 0 Å². The molecule has 0 fully saturated rings. The van der Waals surface area contributed by atoms with Crippen LogP contribution >= 0.6 is 46.3 Å². The maximum atomic E-state index is 4.34. The van der Waals surface area contributed by atoms with Gasteiger partial charge in [0, 0.05) is 41.0 Å². The van der Waals surface area contributed by atoms with Gasteiger partial charge in [-0.3, -0.25) is 4.98 Å².